The number of carbonyl (C=O) groups is 1. The van der Waals surface area contributed by atoms with Gasteiger partial charge in [0.15, 0.2) is 0 Å². The summed E-state index contributed by atoms with van der Waals surface area (Å²) in [4.78, 5) is 12.3. The number of nitrogens with one attached hydrogen (secondary N) is 1. The van der Waals surface area contributed by atoms with Crippen molar-refractivity contribution in [3.63, 3.8) is 0 Å². The Morgan fingerprint density at radius 3 is 2.38 bits per heavy atom. The molecule has 21 heavy (non-hydrogen) atoms. The average molecular weight is 304 g/mol. The first-order chi connectivity index (χ1) is 10.0. The number of hydrogen-bond donors (Lipinski definition) is 1. The van der Waals surface area contributed by atoms with E-state index < -0.39 is 0 Å². The number of halogens is 1. The summed E-state index contributed by atoms with van der Waals surface area (Å²) in [5.74, 6) is 0.826. The first kappa shape index (κ1) is 15.4. The lowest BCUT2D eigenvalue weighted by Crippen LogP contribution is -2.12. The van der Waals surface area contributed by atoms with Crippen LogP contribution in [0.3, 0.4) is 0 Å². The third-order valence-electron chi connectivity index (χ3n) is 3.25. The first-order valence-corrected chi connectivity index (χ1v) is 7.14. The molecule has 1 N–H and O–H groups in total. The summed E-state index contributed by atoms with van der Waals surface area (Å²) < 4.78 is 5.21. The van der Waals surface area contributed by atoms with Crippen molar-refractivity contribution in [3.05, 3.63) is 58.6 Å². The second-order valence-corrected chi connectivity index (χ2v) is 5.51. The Hall–Kier alpha value is -2.00. The van der Waals surface area contributed by atoms with Gasteiger partial charge in [0.25, 0.3) is 5.91 Å². The van der Waals surface area contributed by atoms with Gasteiger partial charge in [0.05, 0.1) is 12.8 Å². The maximum absolute atomic E-state index is 12.3. The Labute approximate surface area is 129 Å². The van der Waals surface area contributed by atoms with Crippen molar-refractivity contribution >= 4 is 23.2 Å². The first-order valence-electron chi connectivity index (χ1n) is 6.76. The van der Waals surface area contributed by atoms with E-state index in [1.54, 1.807) is 25.3 Å². The van der Waals surface area contributed by atoms with Crippen LogP contribution in [0.2, 0.25) is 5.02 Å². The highest BCUT2D eigenvalue weighted by Gasteiger charge is 2.10. The van der Waals surface area contributed by atoms with Gasteiger partial charge in [-0.15, -0.1) is 0 Å². The van der Waals surface area contributed by atoms with Gasteiger partial charge in [0.2, 0.25) is 0 Å². The zero-order chi connectivity index (χ0) is 15.4. The molecule has 0 saturated heterocycles. The lowest BCUT2D eigenvalue weighted by Gasteiger charge is -2.11. The van der Waals surface area contributed by atoms with Crippen molar-refractivity contribution in [3.8, 4) is 5.75 Å². The molecule has 0 spiro atoms. The Bertz CT molecular complexity index is 636. The van der Waals surface area contributed by atoms with Crippen molar-refractivity contribution in [1.29, 1.82) is 0 Å². The Balaban J connectivity index is 2.19. The minimum absolute atomic E-state index is 0.189. The number of methoxy groups -OCH3 is 1. The number of hydrogen-bond acceptors (Lipinski definition) is 2. The predicted molar refractivity (Wildman–Crippen MR) is 86.5 cm³/mol. The molecule has 0 bridgehead atoms. The lowest BCUT2D eigenvalue weighted by atomic mass is 10.0. The van der Waals surface area contributed by atoms with Crippen molar-refractivity contribution in [1.82, 2.24) is 0 Å². The third-order valence-corrected chi connectivity index (χ3v) is 3.48. The van der Waals surface area contributed by atoms with Crippen LogP contribution in [0, 0.1) is 0 Å². The van der Waals surface area contributed by atoms with Crippen LogP contribution < -0.4 is 10.1 Å². The van der Waals surface area contributed by atoms with Crippen LogP contribution in [-0.4, -0.2) is 13.0 Å². The largest absolute Gasteiger partial charge is 0.495 e. The average Bonchev–Trinajstić information content (AvgIpc) is 2.47. The van der Waals surface area contributed by atoms with Gasteiger partial charge in [-0.2, -0.15) is 0 Å². The molecule has 2 aromatic carbocycles. The van der Waals surface area contributed by atoms with E-state index in [1.807, 2.05) is 24.3 Å². The van der Waals surface area contributed by atoms with Crippen molar-refractivity contribution in [2.45, 2.75) is 19.8 Å². The maximum Gasteiger partial charge on any atom is 0.255 e. The SMILES string of the molecule is COc1ccc(Cl)cc1NC(=O)c1ccc(C(C)C)cc1. The number of carbonyl (C=O) groups excluding carboxylic acids is 1. The number of amides is 1. The van der Waals surface area contributed by atoms with E-state index in [-0.39, 0.29) is 5.91 Å². The van der Waals surface area contributed by atoms with E-state index in [0.29, 0.717) is 27.9 Å². The molecule has 0 atom stereocenters. The van der Waals surface area contributed by atoms with Crippen LogP contribution in [0.25, 0.3) is 0 Å². The summed E-state index contributed by atoms with van der Waals surface area (Å²) in [7, 11) is 1.55. The fourth-order valence-corrected chi connectivity index (χ4v) is 2.16. The van der Waals surface area contributed by atoms with Crippen molar-refractivity contribution in [2.24, 2.45) is 0 Å². The molecule has 0 unspecified atom stereocenters. The monoisotopic (exact) mass is 303 g/mol. The van der Waals surface area contributed by atoms with E-state index >= 15 is 0 Å². The minimum Gasteiger partial charge on any atom is -0.495 e. The summed E-state index contributed by atoms with van der Waals surface area (Å²) >= 11 is 5.95. The third kappa shape index (κ3) is 3.76. The molecule has 2 aromatic rings. The fraction of sp³-hybridized carbons (Fsp3) is 0.235. The molecule has 0 aliphatic carbocycles. The second kappa shape index (κ2) is 6.64. The van der Waals surface area contributed by atoms with Gasteiger partial charge in [0, 0.05) is 10.6 Å². The van der Waals surface area contributed by atoms with Crippen LogP contribution in [0.4, 0.5) is 5.69 Å². The fourth-order valence-electron chi connectivity index (χ4n) is 1.99. The Morgan fingerprint density at radius 2 is 1.81 bits per heavy atom. The van der Waals surface area contributed by atoms with E-state index in [0.717, 1.165) is 0 Å². The van der Waals surface area contributed by atoms with Crippen molar-refractivity contribution in [2.75, 3.05) is 12.4 Å². The highest BCUT2D eigenvalue weighted by atomic mass is 35.5. The Morgan fingerprint density at radius 1 is 1.14 bits per heavy atom. The summed E-state index contributed by atoms with van der Waals surface area (Å²) in [5, 5.41) is 3.36. The molecule has 1 amide bonds. The number of anilines is 1. The minimum atomic E-state index is -0.189. The predicted octanol–water partition coefficient (Wildman–Crippen LogP) is 4.72. The Kier molecular flexibility index (Phi) is 4.86. The smallest absolute Gasteiger partial charge is 0.255 e. The number of ether oxygens (including phenoxy) is 1. The zero-order valence-electron chi connectivity index (χ0n) is 12.3. The van der Waals surface area contributed by atoms with Crippen LogP contribution in [-0.2, 0) is 0 Å². The zero-order valence-corrected chi connectivity index (χ0v) is 13.1. The number of rotatable bonds is 4. The van der Waals surface area contributed by atoms with Gasteiger partial charge in [-0.05, 0) is 41.8 Å². The molecule has 4 heteroatoms. The van der Waals surface area contributed by atoms with Gasteiger partial charge in [-0.3, -0.25) is 4.79 Å². The molecule has 0 aliphatic heterocycles. The molecule has 3 nitrogen and oxygen atoms in total. The van der Waals surface area contributed by atoms with E-state index in [9.17, 15) is 4.79 Å². The molecule has 0 saturated carbocycles. The molecule has 0 aromatic heterocycles. The molecular formula is C17H18ClNO2. The normalized spacial score (nSPS) is 10.5. The summed E-state index contributed by atoms with van der Waals surface area (Å²) in [5.41, 5.74) is 2.36. The van der Waals surface area contributed by atoms with Gasteiger partial charge in [-0.1, -0.05) is 37.6 Å². The molecule has 110 valence electrons. The standard InChI is InChI=1S/C17H18ClNO2/c1-11(2)12-4-6-13(7-5-12)17(20)19-15-10-14(18)8-9-16(15)21-3/h4-11H,1-3H3,(H,19,20). The van der Waals surface area contributed by atoms with E-state index in [4.69, 9.17) is 16.3 Å². The lowest BCUT2D eigenvalue weighted by molar-refractivity contribution is 0.102. The molecule has 0 aliphatic rings. The molecular weight excluding hydrogens is 286 g/mol. The van der Waals surface area contributed by atoms with Gasteiger partial charge < -0.3 is 10.1 Å². The van der Waals surface area contributed by atoms with Crippen LogP contribution in [0.5, 0.6) is 5.75 Å². The van der Waals surface area contributed by atoms with Gasteiger partial charge in [-0.25, -0.2) is 0 Å². The van der Waals surface area contributed by atoms with E-state index in [2.05, 4.69) is 19.2 Å². The van der Waals surface area contributed by atoms with E-state index in [1.165, 1.54) is 5.56 Å². The van der Waals surface area contributed by atoms with Crippen LogP contribution >= 0.6 is 11.6 Å². The highest BCUT2D eigenvalue weighted by Crippen LogP contribution is 2.28. The van der Waals surface area contributed by atoms with Crippen LogP contribution in [0.15, 0.2) is 42.5 Å². The number of benzene rings is 2. The summed E-state index contributed by atoms with van der Waals surface area (Å²) in [6, 6.07) is 12.7. The van der Waals surface area contributed by atoms with Crippen molar-refractivity contribution < 1.29 is 9.53 Å². The summed E-state index contributed by atoms with van der Waals surface area (Å²) in [6.45, 7) is 4.23. The molecule has 0 heterocycles. The summed E-state index contributed by atoms with van der Waals surface area (Å²) in [6.07, 6.45) is 0. The molecule has 0 radical (unpaired) electrons. The maximum atomic E-state index is 12.3. The second-order valence-electron chi connectivity index (χ2n) is 5.08. The molecule has 0 fully saturated rings. The van der Waals surface area contributed by atoms with Gasteiger partial charge >= 0.3 is 0 Å². The highest BCUT2D eigenvalue weighted by molar-refractivity contribution is 6.31. The molecule has 2 rings (SSSR count). The topological polar surface area (TPSA) is 38.3 Å². The van der Waals surface area contributed by atoms with Crippen LogP contribution in [0.1, 0.15) is 35.7 Å². The quantitative estimate of drug-likeness (QED) is 0.887. The van der Waals surface area contributed by atoms with Gasteiger partial charge in [0.1, 0.15) is 5.75 Å².